The van der Waals surface area contributed by atoms with Crippen LogP contribution in [0.5, 0.6) is 0 Å². The van der Waals surface area contributed by atoms with E-state index in [1.807, 2.05) is 14.1 Å². The third-order valence-corrected chi connectivity index (χ3v) is 5.67. The Morgan fingerprint density at radius 1 is 1.30 bits per heavy atom. The molecule has 1 fully saturated rings. The normalized spacial score (nSPS) is 18.4. The Morgan fingerprint density at radius 3 is 2.40 bits per heavy atom. The molecule has 0 saturated carbocycles. The highest BCUT2D eigenvalue weighted by molar-refractivity contribution is 7.89. The number of pyridine rings is 1. The van der Waals surface area contributed by atoms with Crippen molar-refractivity contribution in [3.8, 4) is 0 Å². The van der Waals surface area contributed by atoms with E-state index in [0.717, 1.165) is 12.8 Å². The van der Waals surface area contributed by atoms with Gasteiger partial charge in [-0.15, -0.1) is 0 Å². The lowest BCUT2D eigenvalue weighted by atomic mass is 10.1. The number of hydrogen-bond acceptors (Lipinski definition) is 5. The number of piperidine rings is 1. The zero-order valence-electron chi connectivity index (χ0n) is 12.2. The van der Waals surface area contributed by atoms with Crippen molar-refractivity contribution in [2.45, 2.75) is 23.8 Å². The Hall–Kier alpha value is -1.18. The zero-order chi connectivity index (χ0) is 14.8. The summed E-state index contributed by atoms with van der Waals surface area (Å²) < 4.78 is 26.6. The van der Waals surface area contributed by atoms with Crippen molar-refractivity contribution in [2.24, 2.45) is 0 Å². The zero-order valence-corrected chi connectivity index (χ0v) is 13.0. The minimum atomic E-state index is -3.41. The van der Waals surface area contributed by atoms with E-state index in [9.17, 15) is 8.42 Å². The Bertz CT molecular complexity index is 534. The van der Waals surface area contributed by atoms with Gasteiger partial charge in [-0.25, -0.2) is 13.4 Å². The van der Waals surface area contributed by atoms with Crippen molar-refractivity contribution >= 4 is 15.8 Å². The summed E-state index contributed by atoms with van der Waals surface area (Å²) in [6, 6.07) is 3.75. The van der Waals surface area contributed by atoms with Gasteiger partial charge in [0.2, 0.25) is 10.0 Å². The molecule has 1 saturated heterocycles. The Morgan fingerprint density at radius 2 is 1.95 bits per heavy atom. The Balaban J connectivity index is 2.11. The summed E-state index contributed by atoms with van der Waals surface area (Å²) in [5, 5.41) is 2.88. The molecule has 0 bridgehead atoms. The average molecular weight is 298 g/mol. The second-order valence-electron chi connectivity index (χ2n) is 5.23. The highest BCUT2D eigenvalue weighted by Crippen LogP contribution is 2.22. The van der Waals surface area contributed by atoms with Crippen LogP contribution in [0.4, 0.5) is 5.82 Å². The summed E-state index contributed by atoms with van der Waals surface area (Å²) in [4.78, 5) is 6.50. The van der Waals surface area contributed by atoms with E-state index < -0.39 is 10.0 Å². The fourth-order valence-corrected chi connectivity index (χ4v) is 3.84. The average Bonchev–Trinajstić information content (AvgIpc) is 2.47. The minimum absolute atomic E-state index is 0.264. The smallest absolute Gasteiger partial charge is 0.244 e. The second-order valence-corrected chi connectivity index (χ2v) is 7.17. The van der Waals surface area contributed by atoms with E-state index in [2.05, 4.69) is 15.2 Å². The van der Waals surface area contributed by atoms with E-state index in [1.165, 1.54) is 6.20 Å². The van der Waals surface area contributed by atoms with Gasteiger partial charge in [0, 0.05) is 32.4 Å². The van der Waals surface area contributed by atoms with E-state index >= 15 is 0 Å². The quantitative estimate of drug-likeness (QED) is 0.892. The lowest BCUT2D eigenvalue weighted by Gasteiger charge is -2.34. The summed E-state index contributed by atoms with van der Waals surface area (Å²) in [5.74, 6) is 0.662. The molecule has 0 unspecified atom stereocenters. The molecule has 0 amide bonds. The number of anilines is 1. The fraction of sp³-hybridized carbons (Fsp3) is 0.615. The molecule has 1 aliphatic heterocycles. The van der Waals surface area contributed by atoms with Crippen LogP contribution >= 0.6 is 0 Å². The monoisotopic (exact) mass is 298 g/mol. The molecule has 2 heterocycles. The first-order valence-corrected chi connectivity index (χ1v) is 8.19. The van der Waals surface area contributed by atoms with Gasteiger partial charge in [0.25, 0.3) is 0 Å². The number of sulfonamides is 1. The molecule has 0 radical (unpaired) electrons. The maximum Gasteiger partial charge on any atom is 0.244 e. The van der Waals surface area contributed by atoms with Crippen LogP contribution in [0.3, 0.4) is 0 Å². The number of aromatic nitrogens is 1. The minimum Gasteiger partial charge on any atom is -0.373 e. The third-order valence-electron chi connectivity index (χ3n) is 3.78. The molecule has 2 rings (SSSR count). The fourth-order valence-electron chi connectivity index (χ4n) is 2.43. The largest absolute Gasteiger partial charge is 0.373 e. The highest BCUT2D eigenvalue weighted by atomic mass is 32.2. The maximum atomic E-state index is 12.5. The van der Waals surface area contributed by atoms with Crippen molar-refractivity contribution in [3.63, 3.8) is 0 Å². The molecule has 1 aromatic heterocycles. The molecule has 7 heteroatoms. The number of nitrogens with one attached hydrogen (secondary N) is 1. The number of nitrogens with zero attached hydrogens (tertiary/aromatic N) is 3. The molecule has 0 spiro atoms. The van der Waals surface area contributed by atoms with Crippen LogP contribution in [0.15, 0.2) is 23.2 Å². The first kappa shape index (κ1) is 15.2. The van der Waals surface area contributed by atoms with Crippen LogP contribution in [0.1, 0.15) is 12.8 Å². The van der Waals surface area contributed by atoms with Gasteiger partial charge in [-0.3, -0.25) is 0 Å². The van der Waals surface area contributed by atoms with Gasteiger partial charge in [-0.2, -0.15) is 4.31 Å². The number of rotatable bonds is 4. The molecule has 6 nitrogen and oxygen atoms in total. The molecule has 0 atom stereocenters. The van der Waals surface area contributed by atoms with Gasteiger partial charge >= 0.3 is 0 Å². The molecule has 1 N–H and O–H groups in total. The van der Waals surface area contributed by atoms with Crippen molar-refractivity contribution < 1.29 is 8.42 Å². The Kier molecular flexibility index (Phi) is 4.62. The Labute approximate surface area is 120 Å². The maximum absolute atomic E-state index is 12.5. The van der Waals surface area contributed by atoms with Gasteiger partial charge in [-0.1, -0.05) is 0 Å². The SMILES string of the molecule is CNc1ccc(S(=O)(=O)N2CCC(N(C)C)CC2)cn1. The molecular formula is C13H22N4O2S. The number of hydrogen-bond donors (Lipinski definition) is 1. The second kappa shape index (κ2) is 6.07. The third kappa shape index (κ3) is 3.11. The van der Waals surface area contributed by atoms with Crippen LogP contribution in [-0.4, -0.2) is 62.9 Å². The van der Waals surface area contributed by atoms with Crippen molar-refractivity contribution in [2.75, 3.05) is 39.5 Å². The van der Waals surface area contributed by atoms with Gasteiger partial charge in [0.15, 0.2) is 0 Å². The molecule has 1 aromatic rings. The summed E-state index contributed by atoms with van der Waals surface area (Å²) >= 11 is 0. The van der Waals surface area contributed by atoms with Crippen molar-refractivity contribution in [3.05, 3.63) is 18.3 Å². The predicted octanol–water partition coefficient (Wildman–Crippen LogP) is 0.838. The van der Waals surface area contributed by atoms with E-state index in [0.29, 0.717) is 24.9 Å². The van der Waals surface area contributed by atoms with Crippen molar-refractivity contribution in [1.29, 1.82) is 0 Å². The van der Waals surface area contributed by atoms with E-state index in [4.69, 9.17) is 0 Å². The highest BCUT2D eigenvalue weighted by Gasteiger charge is 2.30. The van der Waals surface area contributed by atoms with Crippen LogP contribution in [-0.2, 0) is 10.0 Å². The molecule has 0 aromatic carbocycles. The predicted molar refractivity (Wildman–Crippen MR) is 79.3 cm³/mol. The first-order valence-electron chi connectivity index (χ1n) is 6.75. The van der Waals surface area contributed by atoms with Crippen LogP contribution in [0.2, 0.25) is 0 Å². The molecule has 0 aliphatic carbocycles. The molecule has 1 aliphatic rings. The summed E-state index contributed by atoms with van der Waals surface area (Å²) in [5.41, 5.74) is 0. The lowest BCUT2D eigenvalue weighted by Crippen LogP contribution is -2.44. The van der Waals surface area contributed by atoms with Crippen LogP contribution in [0.25, 0.3) is 0 Å². The molecule has 20 heavy (non-hydrogen) atoms. The van der Waals surface area contributed by atoms with Gasteiger partial charge < -0.3 is 10.2 Å². The van der Waals surface area contributed by atoms with Gasteiger partial charge in [0.1, 0.15) is 10.7 Å². The van der Waals surface area contributed by atoms with Crippen LogP contribution in [0, 0.1) is 0 Å². The van der Waals surface area contributed by atoms with E-state index in [-0.39, 0.29) is 4.90 Å². The van der Waals surface area contributed by atoms with Gasteiger partial charge in [0.05, 0.1) is 0 Å². The summed E-state index contributed by atoms with van der Waals surface area (Å²) in [6.45, 7) is 1.14. The first-order chi connectivity index (χ1) is 9.45. The standard InChI is InChI=1S/C13H22N4O2S/c1-14-13-5-4-12(10-15-13)20(18,19)17-8-6-11(7-9-17)16(2)3/h4-5,10-11H,6-9H2,1-3H3,(H,14,15). The molecular weight excluding hydrogens is 276 g/mol. The molecule has 112 valence electrons. The van der Waals surface area contributed by atoms with Crippen LogP contribution < -0.4 is 5.32 Å². The lowest BCUT2D eigenvalue weighted by molar-refractivity contribution is 0.196. The van der Waals surface area contributed by atoms with Crippen molar-refractivity contribution in [1.82, 2.24) is 14.2 Å². The summed E-state index contributed by atoms with van der Waals surface area (Å²) in [6.07, 6.45) is 3.15. The van der Waals surface area contributed by atoms with E-state index in [1.54, 1.807) is 23.5 Å². The van der Waals surface area contributed by atoms with Gasteiger partial charge in [-0.05, 0) is 39.1 Å². The summed E-state index contributed by atoms with van der Waals surface area (Å²) in [7, 11) is 2.41. The topological polar surface area (TPSA) is 65.5 Å².